The maximum Gasteiger partial charge on any atom is 0.417 e. The molecule has 0 radical (unpaired) electrons. The molecular formula is C24H31ClF3N7O2. The fourth-order valence-electron chi connectivity index (χ4n) is 4.26. The Bertz CT molecular complexity index is 1030. The first kappa shape index (κ1) is 27.1. The average Bonchev–Trinajstić information content (AvgIpc) is 3.59. The number of hydrogen-bond donors (Lipinski definition) is 3. The molecule has 0 bridgehead atoms. The molecule has 4 rings (SSSR count). The number of rotatable bonds is 10. The lowest BCUT2D eigenvalue weighted by molar-refractivity contribution is -0.137. The second-order valence-electron chi connectivity index (χ2n) is 8.91. The number of urea groups is 1. The molecule has 2 saturated heterocycles. The van der Waals surface area contributed by atoms with E-state index < -0.39 is 22.8 Å². The van der Waals surface area contributed by atoms with Crippen LogP contribution >= 0.6 is 11.6 Å². The summed E-state index contributed by atoms with van der Waals surface area (Å²) in [6, 6.07) is 4.52. The van der Waals surface area contributed by atoms with Gasteiger partial charge in [0.15, 0.2) is 0 Å². The number of carbonyl (C=O) groups excluding carboxylic acids is 1. The second-order valence-corrected chi connectivity index (χ2v) is 9.32. The van der Waals surface area contributed by atoms with Crippen LogP contribution in [0.5, 0.6) is 0 Å². The van der Waals surface area contributed by atoms with Crippen LogP contribution in [-0.2, 0) is 10.9 Å². The third-order valence-electron chi connectivity index (χ3n) is 6.13. The number of anilines is 4. The molecule has 2 aromatic rings. The minimum atomic E-state index is -4.61. The highest BCUT2D eigenvalue weighted by Gasteiger charge is 2.33. The van der Waals surface area contributed by atoms with E-state index in [1.54, 1.807) is 0 Å². The van der Waals surface area contributed by atoms with Crippen LogP contribution < -0.4 is 25.8 Å². The van der Waals surface area contributed by atoms with Gasteiger partial charge in [0, 0.05) is 51.0 Å². The van der Waals surface area contributed by atoms with Crippen molar-refractivity contribution in [3.63, 3.8) is 0 Å². The van der Waals surface area contributed by atoms with Gasteiger partial charge in [0.25, 0.3) is 0 Å². The van der Waals surface area contributed by atoms with Gasteiger partial charge in [-0.1, -0.05) is 11.6 Å². The molecule has 0 unspecified atom stereocenters. The maximum atomic E-state index is 13.0. The number of aromatic nitrogens is 2. The van der Waals surface area contributed by atoms with E-state index >= 15 is 0 Å². The zero-order valence-corrected chi connectivity index (χ0v) is 21.2. The van der Waals surface area contributed by atoms with E-state index in [1.165, 1.54) is 18.9 Å². The average molecular weight is 542 g/mol. The van der Waals surface area contributed by atoms with Crippen LogP contribution in [0.4, 0.5) is 41.2 Å². The number of nitrogens with zero attached hydrogens (tertiary/aromatic N) is 4. The molecule has 3 N–H and O–H groups in total. The van der Waals surface area contributed by atoms with Gasteiger partial charge in [-0.3, -0.25) is 0 Å². The van der Waals surface area contributed by atoms with Crippen molar-refractivity contribution >= 4 is 40.9 Å². The standard InChI is InChI=1S/C24H31ClF3N7O2/c25-19-6-5-17(15-18(19)24(26,27)28)31-23(36)30-8-14-37-13-7-29-20-16-21(34-9-1-2-10-34)33-22(32-20)35-11-3-4-12-35/h5-6,15-16H,1-4,7-14H2,(H,29,32,33)(H2,30,31,36). The van der Waals surface area contributed by atoms with Crippen LogP contribution in [0.1, 0.15) is 31.2 Å². The van der Waals surface area contributed by atoms with E-state index in [-0.39, 0.29) is 18.8 Å². The Morgan fingerprint density at radius 2 is 1.65 bits per heavy atom. The van der Waals surface area contributed by atoms with Crippen molar-refractivity contribution in [2.75, 3.05) is 72.9 Å². The van der Waals surface area contributed by atoms with Gasteiger partial charge in [-0.15, -0.1) is 0 Å². The van der Waals surface area contributed by atoms with E-state index in [4.69, 9.17) is 21.3 Å². The predicted molar refractivity (Wildman–Crippen MR) is 138 cm³/mol. The molecule has 2 aliphatic heterocycles. The molecule has 0 aliphatic carbocycles. The molecule has 1 aromatic carbocycles. The summed E-state index contributed by atoms with van der Waals surface area (Å²) in [7, 11) is 0. The van der Waals surface area contributed by atoms with Gasteiger partial charge in [0.2, 0.25) is 5.95 Å². The number of amides is 2. The first-order chi connectivity index (χ1) is 17.8. The van der Waals surface area contributed by atoms with Crippen molar-refractivity contribution in [2.24, 2.45) is 0 Å². The molecule has 3 heterocycles. The van der Waals surface area contributed by atoms with Crippen molar-refractivity contribution in [3.8, 4) is 0 Å². The third-order valence-corrected chi connectivity index (χ3v) is 6.46. The number of alkyl halides is 3. The number of halogens is 4. The minimum Gasteiger partial charge on any atom is -0.378 e. The Labute approximate surface area is 218 Å². The van der Waals surface area contributed by atoms with E-state index in [0.29, 0.717) is 13.2 Å². The summed E-state index contributed by atoms with van der Waals surface area (Å²) >= 11 is 5.59. The predicted octanol–water partition coefficient (Wildman–Crippen LogP) is 4.60. The number of nitrogens with one attached hydrogen (secondary N) is 3. The summed E-state index contributed by atoms with van der Waals surface area (Å²) in [6.07, 6.45) is 0.0208. The Morgan fingerprint density at radius 1 is 0.973 bits per heavy atom. The lowest BCUT2D eigenvalue weighted by Gasteiger charge is -2.22. The summed E-state index contributed by atoms with van der Waals surface area (Å²) in [5.41, 5.74) is -1.02. The SMILES string of the molecule is O=C(NCCOCCNc1cc(N2CCCC2)nc(N2CCCC2)n1)Nc1ccc(Cl)c(C(F)(F)F)c1. The molecule has 13 heteroatoms. The van der Waals surface area contributed by atoms with Gasteiger partial charge in [-0.2, -0.15) is 23.1 Å². The second kappa shape index (κ2) is 12.5. The fraction of sp³-hybridized carbons (Fsp3) is 0.542. The molecule has 2 aliphatic rings. The van der Waals surface area contributed by atoms with E-state index in [1.807, 2.05) is 6.07 Å². The normalized spacial score (nSPS) is 15.8. The Morgan fingerprint density at radius 3 is 2.35 bits per heavy atom. The zero-order chi connectivity index (χ0) is 26.3. The lowest BCUT2D eigenvalue weighted by Crippen LogP contribution is -2.32. The molecule has 0 saturated carbocycles. The lowest BCUT2D eigenvalue weighted by atomic mass is 10.2. The van der Waals surface area contributed by atoms with Crippen LogP contribution in [0.2, 0.25) is 5.02 Å². The zero-order valence-electron chi connectivity index (χ0n) is 20.4. The number of hydrogen-bond acceptors (Lipinski definition) is 7. The van der Waals surface area contributed by atoms with Crippen LogP contribution in [0.25, 0.3) is 0 Å². The van der Waals surface area contributed by atoms with Crippen LogP contribution in [0.15, 0.2) is 24.3 Å². The summed E-state index contributed by atoms with van der Waals surface area (Å²) in [4.78, 5) is 26.0. The molecule has 2 fully saturated rings. The van der Waals surface area contributed by atoms with Gasteiger partial charge in [0.1, 0.15) is 11.6 Å². The molecule has 202 valence electrons. The molecule has 0 atom stereocenters. The first-order valence-corrected chi connectivity index (χ1v) is 12.8. The Kier molecular flexibility index (Phi) is 9.14. The maximum absolute atomic E-state index is 13.0. The number of ether oxygens (including phenoxy) is 1. The van der Waals surface area contributed by atoms with Gasteiger partial charge >= 0.3 is 12.2 Å². The van der Waals surface area contributed by atoms with Crippen molar-refractivity contribution < 1.29 is 22.7 Å². The largest absolute Gasteiger partial charge is 0.417 e. The molecule has 0 spiro atoms. The summed E-state index contributed by atoms with van der Waals surface area (Å²) in [5.74, 6) is 2.45. The monoisotopic (exact) mass is 541 g/mol. The Balaban J connectivity index is 1.18. The number of benzene rings is 1. The molecule has 37 heavy (non-hydrogen) atoms. The molecular weight excluding hydrogens is 511 g/mol. The first-order valence-electron chi connectivity index (χ1n) is 12.4. The highest BCUT2D eigenvalue weighted by atomic mass is 35.5. The molecule has 9 nitrogen and oxygen atoms in total. The van der Waals surface area contributed by atoms with Crippen molar-refractivity contribution in [1.82, 2.24) is 15.3 Å². The summed E-state index contributed by atoms with van der Waals surface area (Å²) in [6.45, 7) is 5.28. The topological polar surface area (TPSA) is 94.7 Å². The van der Waals surface area contributed by atoms with Crippen LogP contribution in [0.3, 0.4) is 0 Å². The summed E-state index contributed by atoms with van der Waals surface area (Å²) in [5, 5.41) is 7.78. The van der Waals surface area contributed by atoms with Gasteiger partial charge < -0.3 is 30.5 Å². The fourth-order valence-corrected chi connectivity index (χ4v) is 4.49. The van der Waals surface area contributed by atoms with E-state index in [0.717, 1.165) is 68.7 Å². The highest BCUT2D eigenvalue weighted by Crippen LogP contribution is 2.36. The van der Waals surface area contributed by atoms with Crippen molar-refractivity contribution in [1.29, 1.82) is 0 Å². The minimum absolute atomic E-state index is 0.00852. The molecule has 1 aromatic heterocycles. The quantitative estimate of drug-likeness (QED) is 0.378. The van der Waals surface area contributed by atoms with Crippen molar-refractivity contribution in [3.05, 3.63) is 34.9 Å². The molecule has 2 amide bonds. The van der Waals surface area contributed by atoms with E-state index in [9.17, 15) is 18.0 Å². The van der Waals surface area contributed by atoms with Gasteiger partial charge in [-0.25, -0.2) is 4.79 Å². The Hall–Kier alpha value is -2.99. The van der Waals surface area contributed by atoms with Crippen LogP contribution in [-0.4, -0.2) is 68.5 Å². The summed E-state index contributed by atoms with van der Waals surface area (Å²) < 4.78 is 44.4. The smallest absolute Gasteiger partial charge is 0.378 e. The van der Waals surface area contributed by atoms with Crippen molar-refractivity contribution in [2.45, 2.75) is 31.9 Å². The van der Waals surface area contributed by atoms with Crippen LogP contribution in [0, 0.1) is 0 Å². The van der Waals surface area contributed by atoms with Gasteiger partial charge in [-0.05, 0) is 43.9 Å². The van der Waals surface area contributed by atoms with Gasteiger partial charge in [0.05, 0.1) is 23.8 Å². The highest BCUT2D eigenvalue weighted by molar-refractivity contribution is 6.31. The number of carbonyl (C=O) groups is 1. The van der Waals surface area contributed by atoms with E-state index in [2.05, 4.69) is 30.7 Å². The third kappa shape index (κ3) is 7.75.